The molecule has 0 saturated heterocycles. The third kappa shape index (κ3) is 3.14. The van der Waals surface area contributed by atoms with E-state index < -0.39 is 0 Å². The van der Waals surface area contributed by atoms with Crippen LogP contribution in [0.25, 0.3) is 0 Å². The summed E-state index contributed by atoms with van der Waals surface area (Å²) < 4.78 is 12.8. The number of nitrogens with one attached hydrogen (secondary N) is 1. The lowest BCUT2D eigenvalue weighted by Crippen LogP contribution is -2.34. The molecule has 6 heteroatoms. The van der Waals surface area contributed by atoms with Gasteiger partial charge in [-0.2, -0.15) is 0 Å². The second-order valence-electron chi connectivity index (χ2n) is 4.88. The van der Waals surface area contributed by atoms with Crippen LogP contribution in [-0.4, -0.2) is 30.3 Å². The number of nitrogens with zero attached hydrogens (tertiary/aromatic N) is 2. The van der Waals surface area contributed by atoms with Gasteiger partial charge in [0.2, 0.25) is 0 Å². The van der Waals surface area contributed by atoms with E-state index in [1.165, 1.54) is 5.56 Å². The SMILES string of the molecule is COc1ccc(CC2NCCn3ccnc32)cc1OC.Cl. The van der Waals surface area contributed by atoms with Crippen molar-refractivity contribution in [1.29, 1.82) is 0 Å². The number of ether oxygens (including phenoxy) is 2. The average Bonchev–Trinajstić information content (AvgIpc) is 2.96. The van der Waals surface area contributed by atoms with Crippen LogP contribution in [0.3, 0.4) is 0 Å². The van der Waals surface area contributed by atoms with Crippen LogP contribution in [0.1, 0.15) is 17.4 Å². The van der Waals surface area contributed by atoms with Crippen LogP contribution in [0.5, 0.6) is 11.5 Å². The monoisotopic (exact) mass is 309 g/mol. The summed E-state index contributed by atoms with van der Waals surface area (Å²) >= 11 is 0. The summed E-state index contributed by atoms with van der Waals surface area (Å²) in [7, 11) is 3.31. The Morgan fingerprint density at radius 1 is 1.29 bits per heavy atom. The zero-order valence-corrected chi connectivity index (χ0v) is 13.0. The molecule has 21 heavy (non-hydrogen) atoms. The minimum absolute atomic E-state index is 0. The number of hydrogen-bond donors (Lipinski definition) is 1. The van der Waals surface area contributed by atoms with Crippen molar-refractivity contribution in [2.24, 2.45) is 0 Å². The molecule has 0 bridgehead atoms. The number of rotatable bonds is 4. The summed E-state index contributed by atoms with van der Waals surface area (Å²) in [4.78, 5) is 4.46. The van der Waals surface area contributed by atoms with Crippen LogP contribution >= 0.6 is 12.4 Å². The van der Waals surface area contributed by atoms with Gasteiger partial charge < -0.3 is 19.4 Å². The lowest BCUT2D eigenvalue weighted by Gasteiger charge is -2.25. The van der Waals surface area contributed by atoms with Crippen molar-refractivity contribution in [2.75, 3.05) is 20.8 Å². The van der Waals surface area contributed by atoms with E-state index in [0.29, 0.717) is 0 Å². The summed E-state index contributed by atoms with van der Waals surface area (Å²) in [5.41, 5.74) is 1.21. The van der Waals surface area contributed by atoms with E-state index in [0.717, 1.165) is 36.8 Å². The van der Waals surface area contributed by atoms with Gasteiger partial charge in [0.05, 0.1) is 20.3 Å². The van der Waals surface area contributed by atoms with Gasteiger partial charge in [-0.15, -0.1) is 12.4 Å². The Bertz CT molecular complexity index is 600. The fraction of sp³-hybridized carbons (Fsp3) is 0.400. The fourth-order valence-electron chi connectivity index (χ4n) is 2.68. The maximum atomic E-state index is 5.35. The molecule has 1 N–H and O–H groups in total. The molecule has 5 nitrogen and oxygen atoms in total. The Labute approximate surface area is 130 Å². The van der Waals surface area contributed by atoms with Gasteiger partial charge in [0.1, 0.15) is 5.82 Å². The predicted octanol–water partition coefficient (Wildman–Crippen LogP) is 2.21. The first kappa shape index (κ1) is 15.7. The van der Waals surface area contributed by atoms with Crippen molar-refractivity contribution < 1.29 is 9.47 Å². The highest BCUT2D eigenvalue weighted by Crippen LogP contribution is 2.29. The Balaban J connectivity index is 0.00000161. The van der Waals surface area contributed by atoms with E-state index in [1.54, 1.807) is 14.2 Å². The second kappa shape index (κ2) is 6.83. The van der Waals surface area contributed by atoms with Crippen molar-refractivity contribution in [2.45, 2.75) is 19.0 Å². The third-order valence-corrected chi connectivity index (χ3v) is 3.69. The molecule has 1 aliphatic heterocycles. The van der Waals surface area contributed by atoms with Crippen LogP contribution in [-0.2, 0) is 13.0 Å². The van der Waals surface area contributed by atoms with Gasteiger partial charge in [-0.25, -0.2) is 4.98 Å². The van der Waals surface area contributed by atoms with Gasteiger partial charge in [-0.1, -0.05) is 6.07 Å². The van der Waals surface area contributed by atoms with Crippen molar-refractivity contribution in [3.8, 4) is 11.5 Å². The first-order chi connectivity index (χ1) is 9.81. The molecule has 0 radical (unpaired) electrons. The lowest BCUT2D eigenvalue weighted by molar-refractivity contribution is 0.354. The minimum Gasteiger partial charge on any atom is -0.493 e. The molecule has 1 atom stereocenters. The number of hydrogen-bond acceptors (Lipinski definition) is 4. The molecule has 0 aliphatic carbocycles. The van der Waals surface area contributed by atoms with E-state index >= 15 is 0 Å². The van der Waals surface area contributed by atoms with E-state index in [-0.39, 0.29) is 18.4 Å². The van der Waals surface area contributed by atoms with Crippen molar-refractivity contribution in [3.63, 3.8) is 0 Å². The molecule has 0 amide bonds. The van der Waals surface area contributed by atoms with Gasteiger partial charge in [0, 0.05) is 25.5 Å². The maximum absolute atomic E-state index is 5.35. The standard InChI is InChI=1S/C15H19N3O2.ClH/c1-19-13-4-3-11(10-14(13)20-2)9-12-15-17-6-8-18(15)7-5-16-12;/h3-4,6,8,10,12,16H,5,7,9H2,1-2H3;1H. The predicted molar refractivity (Wildman–Crippen MR) is 83.5 cm³/mol. The van der Waals surface area contributed by atoms with E-state index in [9.17, 15) is 0 Å². The Morgan fingerprint density at radius 2 is 2.10 bits per heavy atom. The molecular weight excluding hydrogens is 290 g/mol. The molecule has 2 heterocycles. The van der Waals surface area contributed by atoms with Gasteiger partial charge in [0.25, 0.3) is 0 Å². The molecule has 1 aliphatic rings. The normalized spacial score (nSPS) is 16.8. The smallest absolute Gasteiger partial charge is 0.160 e. The zero-order valence-electron chi connectivity index (χ0n) is 12.2. The molecule has 0 fully saturated rings. The zero-order chi connectivity index (χ0) is 13.9. The fourth-order valence-corrected chi connectivity index (χ4v) is 2.68. The molecule has 1 aromatic carbocycles. The highest BCUT2D eigenvalue weighted by Gasteiger charge is 2.21. The molecule has 1 unspecified atom stereocenters. The molecule has 3 rings (SSSR count). The van der Waals surface area contributed by atoms with Crippen molar-refractivity contribution in [1.82, 2.24) is 14.9 Å². The molecule has 0 spiro atoms. The topological polar surface area (TPSA) is 48.3 Å². The summed E-state index contributed by atoms with van der Waals surface area (Å²) in [6, 6.07) is 6.30. The van der Waals surface area contributed by atoms with Gasteiger partial charge >= 0.3 is 0 Å². The van der Waals surface area contributed by atoms with Gasteiger partial charge in [-0.3, -0.25) is 0 Å². The number of benzene rings is 1. The average molecular weight is 310 g/mol. The Hall–Kier alpha value is -1.72. The summed E-state index contributed by atoms with van der Waals surface area (Å²) in [5.74, 6) is 2.63. The summed E-state index contributed by atoms with van der Waals surface area (Å²) in [6.45, 7) is 1.96. The number of methoxy groups -OCH3 is 2. The molecule has 0 saturated carbocycles. The molecule has 114 valence electrons. The molecular formula is C15H20ClN3O2. The quantitative estimate of drug-likeness (QED) is 0.941. The first-order valence-corrected chi connectivity index (χ1v) is 6.77. The maximum Gasteiger partial charge on any atom is 0.160 e. The number of imidazole rings is 1. The van der Waals surface area contributed by atoms with Crippen molar-refractivity contribution >= 4 is 12.4 Å². The summed E-state index contributed by atoms with van der Waals surface area (Å²) in [5, 5.41) is 3.52. The molecule has 1 aromatic heterocycles. The van der Waals surface area contributed by atoms with E-state index in [2.05, 4.69) is 20.9 Å². The van der Waals surface area contributed by atoms with E-state index in [1.807, 2.05) is 24.5 Å². The van der Waals surface area contributed by atoms with Crippen LogP contribution in [0, 0.1) is 0 Å². The Morgan fingerprint density at radius 3 is 2.86 bits per heavy atom. The summed E-state index contributed by atoms with van der Waals surface area (Å²) in [6.07, 6.45) is 4.79. The number of halogens is 1. The van der Waals surface area contributed by atoms with E-state index in [4.69, 9.17) is 9.47 Å². The highest BCUT2D eigenvalue weighted by molar-refractivity contribution is 5.85. The van der Waals surface area contributed by atoms with Crippen molar-refractivity contribution in [3.05, 3.63) is 42.0 Å². The van der Waals surface area contributed by atoms with Gasteiger partial charge in [0.15, 0.2) is 11.5 Å². The number of fused-ring (bicyclic) bond motifs is 1. The first-order valence-electron chi connectivity index (χ1n) is 6.77. The third-order valence-electron chi connectivity index (χ3n) is 3.69. The molecule has 2 aromatic rings. The number of aromatic nitrogens is 2. The largest absolute Gasteiger partial charge is 0.493 e. The van der Waals surface area contributed by atoms with Crippen LogP contribution < -0.4 is 14.8 Å². The lowest BCUT2D eigenvalue weighted by atomic mass is 10.0. The highest BCUT2D eigenvalue weighted by atomic mass is 35.5. The minimum atomic E-state index is 0. The second-order valence-corrected chi connectivity index (χ2v) is 4.88. The van der Waals surface area contributed by atoms with Crippen LogP contribution in [0.2, 0.25) is 0 Å². The van der Waals surface area contributed by atoms with Gasteiger partial charge in [-0.05, 0) is 24.1 Å². The Kier molecular flexibility index (Phi) is 5.09. The van der Waals surface area contributed by atoms with Crippen LogP contribution in [0.4, 0.5) is 0 Å². The van der Waals surface area contributed by atoms with Crippen LogP contribution in [0.15, 0.2) is 30.6 Å².